The number of benzene rings is 1. The van der Waals surface area contributed by atoms with E-state index < -0.39 is 11.6 Å². The van der Waals surface area contributed by atoms with E-state index in [0.717, 1.165) is 6.07 Å². The third-order valence-electron chi connectivity index (χ3n) is 1.78. The van der Waals surface area contributed by atoms with Crippen molar-refractivity contribution in [2.45, 2.75) is 0 Å². The maximum atomic E-state index is 13.1. The molecule has 2 aromatic rings. The average Bonchev–Trinajstić information content (AvgIpc) is 2.15. The first kappa shape index (κ1) is 8.56. The van der Waals surface area contributed by atoms with Crippen LogP contribution in [0.15, 0.2) is 29.0 Å². The minimum absolute atomic E-state index is 0.247. The van der Waals surface area contributed by atoms with Crippen LogP contribution in [0.25, 0.3) is 10.8 Å². The van der Waals surface area contributed by atoms with Gasteiger partial charge in [-0.15, -0.1) is 0 Å². The van der Waals surface area contributed by atoms with Crippen molar-refractivity contribution in [1.82, 2.24) is 4.98 Å². The van der Waals surface area contributed by atoms with Gasteiger partial charge in [0.1, 0.15) is 11.6 Å². The third-order valence-corrected chi connectivity index (χ3v) is 2.58. The van der Waals surface area contributed by atoms with Crippen molar-refractivity contribution in [1.29, 1.82) is 0 Å². The molecule has 0 bridgehead atoms. The summed E-state index contributed by atoms with van der Waals surface area (Å²) < 4.78 is 26.4. The van der Waals surface area contributed by atoms with Crippen LogP contribution in [0, 0.1) is 11.6 Å². The topological polar surface area (TPSA) is 12.9 Å². The Kier molecular flexibility index (Phi) is 2.00. The lowest BCUT2D eigenvalue weighted by molar-refractivity contribution is 0.588. The molecule has 0 aliphatic heterocycles. The number of nitrogens with zero attached hydrogens (tertiary/aromatic N) is 1. The van der Waals surface area contributed by atoms with Crippen LogP contribution in [0.4, 0.5) is 8.78 Å². The van der Waals surface area contributed by atoms with Crippen LogP contribution in [-0.4, -0.2) is 4.98 Å². The second-order valence-electron chi connectivity index (χ2n) is 2.58. The summed E-state index contributed by atoms with van der Waals surface area (Å²) in [6.45, 7) is 0. The van der Waals surface area contributed by atoms with Crippen molar-refractivity contribution in [3.05, 3.63) is 40.6 Å². The van der Waals surface area contributed by atoms with Crippen molar-refractivity contribution in [2.24, 2.45) is 0 Å². The summed E-state index contributed by atoms with van der Waals surface area (Å²) in [5, 5.41) is 0.809. The van der Waals surface area contributed by atoms with Gasteiger partial charge in [-0.05, 0) is 22.0 Å². The Morgan fingerprint density at radius 3 is 2.69 bits per heavy atom. The van der Waals surface area contributed by atoms with Gasteiger partial charge in [0.15, 0.2) is 0 Å². The molecule has 0 aliphatic carbocycles. The lowest BCUT2D eigenvalue weighted by Crippen LogP contribution is -1.86. The normalized spacial score (nSPS) is 10.7. The van der Waals surface area contributed by atoms with Crippen LogP contribution < -0.4 is 0 Å². The molecule has 1 aromatic heterocycles. The van der Waals surface area contributed by atoms with Crippen LogP contribution in [-0.2, 0) is 0 Å². The van der Waals surface area contributed by atoms with E-state index in [1.807, 2.05) is 0 Å². The Bertz CT molecular complexity index is 470. The van der Waals surface area contributed by atoms with Gasteiger partial charge in [-0.2, -0.15) is 0 Å². The molecule has 0 aliphatic rings. The maximum absolute atomic E-state index is 13.1. The fraction of sp³-hybridized carbons (Fsp3) is 0. The number of rotatable bonds is 0. The van der Waals surface area contributed by atoms with Crippen LogP contribution in [0.5, 0.6) is 0 Å². The third kappa shape index (κ3) is 1.31. The number of halogens is 3. The van der Waals surface area contributed by atoms with Gasteiger partial charge in [0.2, 0.25) is 0 Å². The minimum Gasteiger partial charge on any atom is -0.264 e. The Labute approximate surface area is 81.5 Å². The van der Waals surface area contributed by atoms with Crippen molar-refractivity contribution in [2.75, 3.05) is 0 Å². The zero-order valence-corrected chi connectivity index (χ0v) is 7.98. The minimum atomic E-state index is -0.613. The lowest BCUT2D eigenvalue weighted by atomic mass is 10.2. The highest BCUT2D eigenvalue weighted by Crippen LogP contribution is 2.27. The van der Waals surface area contributed by atoms with Crippen LogP contribution in [0.2, 0.25) is 0 Å². The quantitative estimate of drug-likeness (QED) is 0.648. The molecule has 66 valence electrons. The zero-order chi connectivity index (χ0) is 9.42. The highest BCUT2D eigenvalue weighted by atomic mass is 79.9. The van der Waals surface area contributed by atoms with Crippen LogP contribution in [0.3, 0.4) is 0 Å². The van der Waals surface area contributed by atoms with Crippen molar-refractivity contribution >= 4 is 26.7 Å². The second kappa shape index (κ2) is 3.03. The van der Waals surface area contributed by atoms with E-state index in [-0.39, 0.29) is 4.47 Å². The molecule has 0 fully saturated rings. The van der Waals surface area contributed by atoms with Gasteiger partial charge >= 0.3 is 0 Å². The highest BCUT2D eigenvalue weighted by molar-refractivity contribution is 9.10. The van der Waals surface area contributed by atoms with Gasteiger partial charge in [0.05, 0.1) is 4.47 Å². The summed E-state index contributed by atoms with van der Waals surface area (Å²) in [6.07, 6.45) is 2.89. The highest BCUT2D eigenvalue weighted by Gasteiger charge is 2.09. The fourth-order valence-corrected chi connectivity index (χ4v) is 1.59. The van der Waals surface area contributed by atoms with E-state index in [4.69, 9.17) is 0 Å². The summed E-state index contributed by atoms with van der Waals surface area (Å²) in [5.41, 5.74) is 0. The SMILES string of the molecule is Fc1cc(F)c2ccncc2c1Br. The van der Waals surface area contributed by atoms with E-state index in [9.17, 15) is 8.78 Å². The van der Waals surface area contributed by atoms with Gasteiger partial charge in [0.25, 0.3) is 0 Å². The first-order valence-corrected chi connectivity index (χ1v) is 4.36. The Hall–Kier alpha value is -1.03. The molecule has 0 unspecified atom stereocenters. The van der Waals surface area contributed by atoms with Gasteiger partial charge < -0.3 is 0 Å². The molecule has 0 saturated carbocycles. The maximum Gasteiger partial charge on any atom is 0.141 e. The summed E-state index contributed by atoms with van der Waals surface area (Å²) >= 11 is 3.03. The van der Waals surface area contributed by atoms with Gasteiger partial charge in [-0.1, -0.05) is 0 Å². The summed E-state index contributed by atoms with van der Waals surface area (Å²) in [6, 6.07) is 2.36. The number of pyridine rings is 1. The molecule has 0 saturated heterocycles. The van der Waals surface area contributed by atoms with Gasteiger partial charge in [0, 0.05) is 29.2 Å². The molecule has 1 aromatic carbocycles. The smallest absolute Gasteiger partial charge is 0.141 e. The molecule has 0 atom stereocenters. The summed E-state index contributed by atoms with van der Waals surface area (Å²) in [5.74, 6) is -1.18. The van der Waals surface area contributed by atoms with E-state index in [2.05, 4.69) is 20.9 Å². The standard InChI is InChI=1S/C9H4BrF2N/c10-9-6-4-13-2-1-5(6)7(11)3-8(9)12/h1-4H. The molecule has 2 rings (SSSR count). The number of hydrogen-bond donors (Lipinski definition) is 0. The zero-order valence-electron chi connectivity index (χ0n) is 6.39. The predicted octanol–water partition coefficient (Wildman–Crippen LogP) is 3.28. The summed E-state index contributed by atoms with van der Waals surface area (Å²) in [7, 11) is 0. The Morgan fingerprint density at radius 1 is 1.15 bits per heavy atom. The van der Waals surface area contributed by atoms with E-state index in [1.165, 1.54) is 18.5 Å². The van der Waals surface area contributed by atoms with Crippen molar-refractivity contribution in [3.63, 3.8) is 0 Å². The molecule has 0 N–H and O–H groups in total. The molecule has 1 nitrogen and oxygen atoms in total. The molecular weight excluding hydrogens is 240 g/mol. The van der Waals surface area contributed by atoms with Crippen molar-refractivity contribution in [3.8, 4) is 0 Å². The van der Waals surface area contributed by atoms with Gasteiger partial charge in [-0.25, -0.2) is 8.78 Å². The second-order valence-corrected chi connectivity index (χ2v) is 3.37. The molecule has 13 heavy (non-hydrogen) atoms. The Morgan fingerprint density at radius 2 is 1.92 bits per heavy atom. The molecule has 0 radical (unpaired) electrons. The van der Waals surface area contributed by atoms with Crippen molar-refractivity contribution < 1.29 is 8.78 Å². The largest absolute Gasteiger partial charge is 0.264 e. The first-order chi connectivity index (χ1) is 6.20. The van der Waals surface area contributed by atoms with E-state index in [0.29, 0.717) is 10.8 Å². The van der Waals surface area contributed by atoms with E-state index >= 15 is 0 Å². The van der Waals surface area contributed by atoms with Gasteiger partial charge in [-0.3, -0.25) is 4.98 Å². The van der Waals surface area contributed by atoms with E-state index in [1.54, 1.807) is 0 Å². The van der Waals surface area contributed by atoms with Crippen LogP contribution >= 0.6 is 15.9 Å². The molecule has 4 heteroatoms. The first-order valence-electron chi connectivity index (χ1n) is 3.57. The monoisotopic (exact) mass is 243 g/mol. The average molecular weight is 244 g/mol. The van der Waals surface area contributed by atoms with Crippen LogP contribution in [0.1, 0.15) is 0 Å². The predicted molar refractivity (Wildman–Crippen MR) is 49.4 cm³/mol. The molecule has 0 spiro atoms. The summed E-state index contributed by atoms with van der Waals surface area (Å²) in [4.78, 5) is 3.79. The number of hydrogen-bond acceptors (Lipinski definition) is 1. The fourth-order valence-electron chi connectivity index (χ4n) is 1.16. The molecule has 0 amide bonds. The Balaban J connectivity index is 2.97. The number of fused-ring (bicyclic) bond motifs is 1. The molecular formula is C9H4BrF2N. The lowest BCUT2D eigenvalue weighted by Gasteiger charge is -2.01. The number of aromatic nitrogens is 1. The molecule has 1 heterocycles.